The lowest BCUT2D eigenvalue weighted by molar-refractivity contribution is 0.0950. The Kier molecular flexibility index (Phi) is 5.58. The number of likely N-dealkylation sites (tertiary alicyclic amines) is 1. The van der Waals surface area contributed by atoms with Gasteiger partial charge in [0.15, 0.2) is 5.13 Å². The van der Waals surface area contributed by atoms with Crippen molar-refractivity contribution in [3.05, 3.63) is 10.6 Å². The number of carbonyl (C=O) groups is 1. The SMILES string of the molecule is CCc1nc(N)sc1C(=O)NC[C@@H]1CCN(CC(C)C)C1. The number of hydrogen-bond acceptors (Lipinski definition) is 5. The second-order valence-corrected chi connectivity index (χ2v) is 7.23. The van der Waals surface area contributed by atoms with Crippen molar-refractivity contribution in [1.29, 1.82) is 0 Å². The second-order valence-electron chi connectivity index (χ2n) is 6.20. The molecule has 2 rings (SSSR count). The zero-order valence-electron chi connectivity index (χ0n) is 13.2. The molecule has 21 heavy (non-hydrogen) atoms. The molecule has 118 valence electrons. The molecular formula is C15H26N4OS. The van der Waals surface area contributed by atoms with Gasteiger partial charge in [0.05, 0.1) is 5.69 Å². The van der Waals surface area contributed by atoms with E-state index >= 15 is 0 Å². The van der Waals surface area contributed by atoms with E-state index in [2.05, 4.69) is 29.0 Å². The van der Waals surface area contributed by atoms with Gasteiger partial charge in [-0.25, -0.2) is 4.98 Å². The minimum absolute atomic E-state index is 0.0247. The van der Waals surface area contributed by atoms with Gasteiger partial charge in [0.1, 0.15) is 4.88 Å². The van der Waals surface area contributed by atoms with Crippen molar-refractivity contribution in [2.45, 2.75) is 33.6 Å². The number of rotatable bonds is 6. The standard InChI is InChI=1S/C15H26N4OS/c1-4-12-13(21-15(16)18-12)14(20)17-7-11-5-6-19(9-11)8-10(2)3/h10-11H,4-9H2,1-3H3,(H2,16,18)(H,17,20)/t11-/m0/s1. The van der Waals surface area contributed by atoms with Gasteiger partial charge in [-0.05, 0) is 31.2 Å². The van der Waals surface area contributed by atoms with E-state index in [-0.39, 0.29) is 5.91 Å². The Morgan fingerprint density at radius 3 is 3.00 bits per heavy atom. The molecule has 1 saturated heterocycles. The fourth-order valence-corrected chi connectivity index (χ4v) is 3.70. The van der Waals surface area contributed by atoms with Gasteiger partial charge in [-0.3, -0.25) is 4.79 Å². The fraction of sp³-hybridized carbons (Fsp3) is 0.733. The van der Waals surface area contributed by atoms with E-state index in [9.17, 15) is 4.79 Å². The van der Waals surface area contributed by atoms with Gasteiger partial charge in [-0.2, -0.15) is 0 Å². The highest BCUT2D eigenvalue weighted by Gasteiger charge is 2.24. The molecule has 0 aliphatic carbocycles. The van der Waals surface area contributed by atoms with Gasteiger partial charge in [0.2, 0.25) is 0 Å². The van der Waals surface area contributed by atoms with E-state index in [1.807, 2.05) is 6.92 Å². The molecule has 0 aromatic carbocycles. The molecule has 2 heterocycles. The average molecular weight is 310 g/mol. The van der Waals surface area contributed by atoms with Gasteiger partial charge < -0.3 is 16.0 Å². The smallest absolute Gasteiger partial charge is 0.263 e. The Bertz CT molecular complexity index is 486. The predicted octanol–water partition coefficient (Wildman–Crippen LogP) is 2.00. The third-order valence-corrected chi connectivity index (χ3v) is 4.73. The molecule has 1 aliphatic rings. The highest BCUT2D eigenvalue weighted by Crippen LogP contribution is 2.21. The Morgan fingerprint density at radius 1 is 1.57 bits per heavy atom. The van der Waals surface area contributed by atoms with Crippen LogP contribution in [0.4, 0.5) is 5.13 Å². The average Bonchev–Trinajstić information content (AvgIpc) is 3.01. The summed E-state index contributed by atoms with van der Waals surface area (Å²) in [5, 5.41) is 3.53. The van der Waals surface area contributed by atoms with Crippen LogP contribution < -0.4 is 11.1 Å². The van der Waals surface area contributed by atoms with E-state index in [0.717, 1.165) is 38.3 Å². The number of amides is 1. The molecule has 0 saturated carbocycles. The molecule has 1 aliphatic heterocycles. The van der Waals surface area contributed by atoms with Crippen molar-refractivity contribution in [3.8, 4) is 0 Å². The number of nitrogens with one attached hydrogen (secondary N) is 1. The van der Waals surface area contributed by atoms with Crippen LogP contribution in [0.5, 0.6) is 0 Å². The number of nitrogen functional groups attached to an aromatic ring is 1. The first kappa shape index (κ1) is 16.2. The fourth-order valence-electron chi connectivity index (χ4n) is 2.87. The Morgan fingerprint density at radius 2 is 2.33 bits per heavy atom. The lowest BCUT2D eigenvalue weighted by Crippen LogP contribution is -2.31. The lowest BCUT2D eigenvalue weighted by Gasteiger charge is -2.18. The Hall–Kier alpha value is -1.14. The molecule has 0 radical (unpaired) electrons. The molecule has 1 atom stereocenters. The summed E-state index contributed by atoms with van der Waals surface area (Å²) in [4.78, 5) is 19.6. The largest absolute Gasteiger partial charge is 0.375 e. The molecule has 0 unspecified atom stereocenters. The van der Waals surface area contributed by atoms with Crippen LogP contribution in [0.25, 0.3) is 0 Å². The van der Waals surface area contributed by atoms with Crippen molar-refractivity contribution >= 4 is 22.4 Å². The summed E-state index contributed by atoms with van der Waals surface area (Å²) >= 11 is 1.28. The van der Waals surface area contributed by atoms with E-state index in [1.165, 1.54) is 17.8 Å². The third-order valence-electron chi connectivity index (χ3n) is 3.80. The van der Waals surface area contributed by atoms with E-state index < -0.39 is 0 Å². The number of carbonyl (C=O) groups excluding carboxylic acids is 1. The van der Waals surface area contributed by atoms with E-state index in [0.29, 0.717) is 21.8 Å². The maximum absolute atomic E-state index is 12.2. The van der Waals surface area contributed by atoms with Crippen molar-refractivity contribution < 1.29 is 4.79 Å². The first-order chi connectivity index (χ1) is 9.99. The van der Waals surface area contributed by atoms with Gasteiger partial charge in [0.25, 0.3) is 5.91 Å². The van der Waals surface area contributed by atoms with E-state index in [1.54, 1.807) is 0 Å². The monoisotopic (exact) mass is 310 g/mol. The van der Waals surface area contributed by atoms with Crippen LogP contribution in [0.2, 0.25) is 0 Å². The van der Waals surface area contributed by atoms with Crippen LogP contribution in [0.3, 0.4) is 0 Å². The minimum atomic E-state index is -0.0247. The Labute approximate surface area is 130 Å². The van der Waals surface area contributed by atoms with Gasteiger partial charge in [-0.1, -0.05) is 32.1 Å². The molecule has 3 N–H and O–H groups in total. The van der Waals surface area contributed by atoms with Crippen LogP contribution in [-0.4, -0.2) is 42.0 Å². The zero-order valence-corrected chi connectivity index (χ0v) is 14.0. The molecule has 6 heteroatoms. The summed E-state index contributed by atoms with van der Waals surface area (Å²) in [7, 11) is 0. The first-order valence-electron chi connectivity index (χ1n) is 7.75. The summed E-state index contributed by atoms with van der Waals surface area (Å²) < 4.78 is 0. The van der Waals surface area contributed by atoms with Crippen molar-refractivity contribution in [2.24, 2.45) is 11.8 Å². The Balaban J connectivity index is 1.82. The number of anilines is 1. The van der Waals surface area contributed by atoms with Crippen LogP contribution >= 0.6 is 11.3 Å². The van der Waals surface area contributed by atoms with Crippen molar-refractivity contribution in [1.82, 2.24) is 15.2 Å². The van der Waals surface area contributed by atoms with Crippen LogP contribution in [0.1, 0.15) is 42.6 Å². The molecule has 5 nitrogen and oxygen atoms in total. The molecule has 1 amide bonds. The normalized spacial score (nSPS) is 19.3. The molecule has 1 aromatic heterocycles. The number of nitrogens with two attached hydrogens (primary N) is 1. The maximum atomic E-state index is 12.2. The molecule has 1 aromatic rings. The van der Waals surface area contributed by atoms with Crippen LogP contribution in [-0.2, 0) is 6.42 Å². The highest BCUT2D eigenvalue weighted by molar-refractivity contribution is 7.17. The summed E-state index contributed by atoms with van der Waals surface area (Å²) in [6, 6.07) is 0. The number of aryl methyl sites for hydroxylation is 1. The van der Waals surface area contributed by atoms with Gasteiger partial charge in [0, 0.05) is 19.6 Å². The number of hydrogen-bond donors (Lipinski definition) is 2. The van der Waals surface area contributed by atoms with E-state index in [4.69, 9.17) is 5.73 Å². The summed E-state index contributed by atoms with van der Waals surface area (Å²) in [6.45, 7) is 10.6. The predicted molar refractivity (Wildman–Crippen MR) is 87.6 cm³/mol. The van der Waals surface area contributed by atoms with Crippen LogP contribution in [0.15, 0.2) is 0 Å². The first-order valence-corrected chi connectivity index (χ1v) is 8.57. The highest BCUT2D eigenvalue weighted by atomic mass is 32.1. The summed E-state index contributed by atoms with van der Waals surface area (Å²) in [5.41, 5.74) is 6.50. The molecule has 0 spiro atoms. The topological polar surface area (TPSA) is 71.2 Å². The maximum Gasteiger partial charge on any atom is 0.263 e. The van der Waals surface area contributed by atoms with Crippen molar-refractivity contribution in [3.63, 3.8) is 0 Å². The molecule has 1 fully saturated rings. The number of thiazole rings is 1. The minimum Gasteiger partial charge on any atom is -0.375 e. The quantitative estimate of drug-likeness (QED) is 0.843. The molecular weight excluding hydrogens is 284 g/mol. The third kappa shape index (κ3) is 4.41. The molecule has 0 bridgehead atoms. The van der Waals surface area contributed by atoms with Gasteiger partial charge >= 0.3 is 0 Å². The van der Waals surface area contributed by atoms with Crippen molar-refractivity contribution in [2.75, 3.05) is 31.9 Å². The number of nitrogens with zero attached hydrogens (tertiary/aromatic N) is 2. The summed E-state index contributed by atoms with van der Waals surface area (Å²) in [6.07, 6.45) is 1.90. The zero-order chi connectivity index (χ0) is 15.4. The number of aromatic nitrogens is 1. The lowest BCUT2D eigenvalue weighted by atomic mass is 10.1. The summed E-state index contributed by atoms with van der Waals surface area (Å²) in [5.74, 6) is 1.23. The van der Waals surface area contributed by atoms with Crippen LogP contribution in [0, 0.1) is 11.8 Å². The van der Waals surface area contributed by atoms with Gasteiger partial charge in [-0.15, -0.1) is 0 Å². The second kappa shape index (κ2) is 7.22.